The molecule has 5 heteroatoms. The Labute approximate surface area is 145 Å². The van der Waals surface area contributed by atoms with E-state index in [2.05, 4.69) is 13.8 Å². The van der Waals surface area contributed by atoms with E-state index in [1.54, 1.807) is 11.0 Å². The van der Waals surface area contributed by atoms with E-state index in [-0.39, 0.29) is 17.7 Å². The van der Waals surface area contributed by atoms with Gasteiger partial charge in [-0.3, -0.25) is 9.59 Å². The van der Waals surface area contributed by atoms with Crippen LogP contribution in [0.2, 0.25) is 0 Å². The number of carbonyl (C=O) groups is 2. The van der Waals surface area contributed by atoms with Crippen molar-refractivity contribution in [2.75, 3.05) is 26.2 Å². The van der Waals surface area contributed by atoms with Gasteiger partial charge < -0.3 is 14.9 Å². The van der Waals surface area contributed by atoms with E-state index in [0.717, 1.165) is 44.7 Å². The van der Waals surface area contributed by atoms with Gasteiger partial charge in [-0.2, -0.15) is 0 Å². The van der Waals surface area contributed by atoms with Gasteiger partial charge in [0.2, 0.25) is 5.91 Å². The molecular weight excluding hydrogens is 304 g/mol. The van der Waals surface area contributed by atoms with Gasteiger partial charge in [-0.05, 0) is 38.0 Å². The van der Waals surface area contributed by atoms with Crippen LogP contribution in [-0.4, -0.2) is 59.0 Å². The number of unbranched alkanes of at least 4 members (excludes halogenated alkanes) is 1. The van der Waals surface area contributed by atoms with Crippen LogP contribution in [0.4, 0.5) is 0 Å². The second-order valence-electron chi connectivity index (χ2n) is 7.27. The van der Waals surface area contributed by atoms with Crippen molar-refractivity contribution in [3.05, 3.63) is 12.2 Å². The number of piperidine rings is 2. The standard InChI is InChI=1S/C19H32N2O3/c1-3-4-5-6-17(22)19(24)21-13-9-16(10-14-21)18(23)20-11-7-15(2)8-12-20/h5-6,15-17,22H,3-4,7-14H2,1-2H3. The molecule has 2 amide bonds. The van der Waals surface area contributed by atoms with Gasteiger partial charge in [0, 0.05) is 32.1 Å². The largest absolute Gasteiger partial charge is 0.379 e. The van der Waals surface area contributed by atoms with Gasteiger partial charge in [-0.25, -0.2) is 0 Å². The van der Waals surface area contributed by atoms with Gasteiger partial charge in [0.1, 0.15) is 0 Å². The fourth-order valence-corrected chi connectivity index (χ4v) is 3.50. The molecule has 136 valence electrons. The Balaban J connectivity index is 1.78. The van der Waals surface area contributed by atoms with E-state index in [1.165, 1.54) is 0 Å². The monoisotopic (exact) mass is 336 g/mol. The Morgan fingerprint density at radius 1 is 1.08 bits per heavy atom. The van der Waals surface area contributed by atoms with Gasteiger partial charge in [0.05, 0.1) is 0 Å². The smallest absolute Gasteiger partial charge is 0.255 e. The van der Waals surface area contributed by atoms with Crippen LogP contribution in [0.3, 0.4) is 0 Å². The van der Waals surface area contributed by atoms with E-state index in [9.17, 15) is 14.7 Å². The second-order valence-corrected chi connectivity index (χ2v) is 7.27. The summed E-state index contributed by atoms with van der Waals surface area (Å²) >= 11 is 0. The highest BCUT2D eigenvalue weighted by molar-refractivity contribution is 5.83. The zero-order valence-corrected chi connectivity index (χ0v) is 15.1. The molecule has 2 rings (SSSR count). The lowest BCUT2D eigenvalue weighted by Gasteiger charge is -2.37. The molecule has 0 aliphatic carbocycles. The van der Waals surface area contributed by atoms with Crippen molar-refractivity contribution in [1.29, 1.82) is 0 Å². The molecule has 0 bridgehead atoms. The molecule has 2 heterocycles. The average Bonchev–Trinajstić information content (AvgIpc) is 2.61. The van der Waals surface area contributed by atoms with Crippen molar-refractivity contribution in [1.82, 2.24) is 9.80 Å². The molecule has 0 spiro atoms. The van der Waals surface area contributed by atoms with Crippen LogP contribution < -0.4 is 0 Å². The highest BCUT2D eigenvalue weighted by Crippen LogP contribution is 2.24. The van der Waals surface area contributed by atoms with Crippen molar-refractivity contribution >= 4 is 11.8 Å². The maximum Gasteiger partial charge on any atom is 0.255 e. The van der Waals surface area contributed by atoms with Crippen LogP contribution in [0.1, 0.15) is 52.4 Å². The van der Waals surface area contributed by atoms with E-state index in [1.807, 2.05) is 11.0 Å². The van der Waals surface area contributed by atoms with Crippen LogP contribution in [0.25, 0.3) is 0 Å². The number of rotatable bonds is 5. The lowest BCUT2D eigenvalue weighted by Crippen LogP contribution is -2.48. The van der Waals surface area contributed by atoms with Crippen molar-refractivity contribution in [2.45, 2.75) is 58.5 Å². The minimum atomic E-state index is -1.05. The maximum absolute atomic E-state index is 12.6. The van der Waals surface area contributed by atoms with Gasteiger partial charge >= 0.3 is 0 Å². The van der Waals surface area contributed by atoms with Crippen LogP contribution in [0, 0.1) is 11.8 Å². The summed E-state index contributed by atoms with van der Waals surface area (Å²) in [6.07, 6.45) is 7.87. The first-order valence-corrected chi connectivity index (χ1v) is 9.45. The number of amides is 2. The number of hydrogen-bond acceptors (Lipinski definition) is 3. The molecule has 2 aliphatic heterocycles. The van der Waals surface area contributed by atoms with E-state index in [4.69, 9.17) is 0 Å². The third-order valence-electron chi connectivity index (χ3n) is 5.28. The quantitative estimate of drug-likeness (QED) is 0.783. The Morgan fingerprint density at radius 2 is 1.67 bits per heavy atom. The number of carbonyl (C=O) groups excluding carboxylic acids is 2. The number of aliphatic hydroxyl groups excluding tert-OH is 1. The summed E-state index contributed by atoms with van der Waals surface area (Å²) in [4.78, 5) is 28.5. The second kappa shape index (κ2) is 9.21. The molecular formula is C19H32N2O3. The molecule has 0 aromatic heterocycles. The Bertz CT molecular complexity index is 448. The first kappa shape index (κ1) is 19.0. The third kappa shape index (κ3) is 5.07. The summed E-state index contributed by atoms with van der Waals surface area (Å²) in [7, 11) is 0. The SMILES string of the molecule is CCCC=CC(O)C(=O)N1CCC(C(=O)N2CCC(C)CC2)CC1. The maximum atomic E-state index is 12.6. The minimum Gasteiger partial charge on any atom is -0.379 e. The zero-order chi connectivity index (χ0) is 17.5. The number of allylic oxidation sites excluding steroid dienone is 1. The summed E-state index contributed by atoms with van der Waals surface area (Å²) in [5.74, 6) is 0.781. The van der Waals surface area contributed by atoms with Gasteiger partial charge in [0.25, 0.3) is 5.91 Å². The summed E-state index contributed by atoms with van der Waals surface area (Å²) in [5, 5.41) is 9.95. The molecule has 0 aromatic carbocycles. The molecule has 2 fully saturated rings. The molecule has 0 aromatic rings. The summed E-state index contributed by atoms with van der Waals surface area (Å²) in [6.45, 7) is 7.19. The van der Waals surface area contributed by atoms with Gasteiger partial charge in [-0.15, -0.1) is 0 Å². The van der Waals surface area contributed by atoms with E-state index < -0.39 is 6.10 Å². The normalized spacial score (nSPS) is 22.1. The van der Waals surface area contributed by atoms with Gasteiger partial charge in [-0.1, -0.05) is 32.4 Å². The Hall–Kier alpha value is -1.36. The number of nitrogens with zero attached hydrogens (tertiary/aromatic N) is 2. The van der Waals surface area contributed by atoms with Crippen LogP contribution in [0.5, 0.6) is 0 Å². The molecule has 1 atom stereocenters. The highest BCUT2D eigenvalue weighted by Gasteiger charge is 2.32. The summed E-state index contributed by atoms with van der Waals surface area (Å²) in [6, 6.07) is 0. The molecule has 0 radical (unpaired) electrons. The van der Waals surface area contributed by atoms with Crippen molar-refractivity contribution < 1.29 is 14.7 Å². The lowest BCUT2D eigenvalue weighted by atomic mass is 9.92. The molecule has 1 N–H and O–H groups in total. The van der Waals surface area contributed by atoms with Crippen LogP contribution in [0.15, 0.2) is 12.2 Å². The van der Waals surface area contributed by atoms with Gasteiger partial charge in [0.15, 0.2) is 6.10 Å². The molecule has 5 nitrogen and oxygen atoms in total. The minimum absolute atomic E-state index is 0.0373. The molecule has 2 saturated heterocycles. The zero-order valence-electron chi connectivity index (χ0n) is 15.1. The topological polar surface area (TPSA) is 60.9 Å². The predicted molar refractivity (Wildman–Crippen MR) is 94.3 cm³/mol. The van der Waals surface area contributed by atoms with E-state index in [0.29, 0.717) is 25.9 Å². The van der Waals surface area contributed by atoms with Crippen molar-refractivity contribution in [2.24, 2.45) is 11.8 Å². The fraction of sp³-hybridized carbons (Fsp3) is 0.789. The van der Waals surface area contributed by atoms with E-state index >= 15 is 0 Å². The predicted octanol–water partition coefficient (Wildman–Crippen LogP) is 2.20. The number of hydrogen-bond donors (Lipinski definition) is 1. The molecule has 24 heavy (non-hydrogen) atoms. The highest BCUT2D eigenvalue weighted by atomic mass is 16.3. The average molecular weight is 336 g/mol. The lowest BCUT2D eigenvalue weighted by molar-refractivity contribution is -0.144. The van der Waals surface area contributed by atoms with Crippen LogP contribution in [-0.2, 0) is 9.59 Å². The first-order chi connectivity index (χ1) is 11.5. The number of likely N-dealkylation sites (tertiary alicyclic amines) is 2. The fourth-order valence-electron chi connectivity index (χ4n) is 3.50. The van der Waals surface area contributed by atoms with Crippen molar-refractivity contribution in [3.63, 3.8) is 0 Å². The number of aliphatic hydroxyl groups is 1. The molecule has 2 aliphatic rings. The Morgan fingerprint density at radius 3 is 2.25 bits per heavy atom. The van der Waals surface area contributed by atoms with Crippen LogP contribution >= 0.6 is 0 Å². The molecule has 0 saturated carbocycles. The first-order valence-electron chi connectivity index (χ1n) is 9.45. The molecule has 1 unspecified atom stereocenters. The summed E-state index contributed by atoms with van der Waals surface area (Å²) in [5.41, 5.74) is 0. The summed E-state index contributed by atoms with van der Waals surface area (Å²) < 4.78 is 0. The Kier molecular flexibility index (Phi) is 7.28. The van der Waals surface area contributed by atoms with Crippen molar-refractivity contribution in [3.8, 4) is 0 Å². The third-order valence-corrected chi connectivity index (χ3v) is 5.28.